The molecule has 0 fully saturated rings. The molecular formula is C10H22N2O4. The number of carbonyl (C=O) groups is 1. The third-order valence-electron chi connectivity index (χ3n) is 1.96. The quantitative estimate of drug-likeness (QED) is 0.464. The maximum absolute atomic E-state index is 11.4. The average molecular weight is 234 g/mol. The van der Waals surface area contributed by atoms with Crippen molar-refractivity contribution in [2.75, 3.05) is 40.6 Å². The summed E-state index contributed by atoms with van der Waals surface area (Å²) in [5.74, 6) is -0.126. The van der Waals surface area contributed by atoms with Gasteiger partial charge in [0.15, 0.2) is 0 Å². The minimum Gasteiger partial charge on any atom is -0.395 e. The Morgan fingerprint density at radius 1 is 1.31 bits per heavy atom. The first-order chi connectivity index (χ1) is 7.63. The molecule has 3 N–H and O–H groups in total. The topological polar surface area (TPSA) is 79.8 Å². The van der Waals surface area contributed by atoms with E-state index < -0.39 is 0 Å². The number of aliphatic hydroxyl groups excluding tert-OH is 1. The van der Waals surface area contributed by atoms with Crippen LogP contribution in [0.15, 0.2) is 0 Å². The van der Waals surface area contributed by atoms with Crippen molar-refractivity contribution in [2.24, 2.45) is 0 Å². The summed E-state index contributed by atoms with van der Waals surface area (Å²) in [5.41, 5.74) is 0. The second-order valence-corrected chi connectivity index (χ2v) is 3.64. The highest BCUT2D eigenvalue weighted by Crippen LogP contribution is 1.85. The highest BCUT2D eigenvalue weighted by molar-refractivity contribution is 5.78. The Bertz CT molecular complexity index is 190. The Labute approximate surface area is 96.3 Å². The number of rotatable bonds is 9. The monoisotopic (exact) mass is 234 g/mol. The molecule has 2 unspecified atom stereocenters. The minimum atomic E-state index is -0.214. The number of nitrogens with one attached hydrogen (secondary N) is 2. The van der Waals surface area contributed by atoms with Crippen molar-refractivity contribution in [1.82, 2.24) is 10.6 Å². The normalized spacial score (nSPS) is 14.5. The van der Waals surface area contributed by atoms with E-state index in [1.54, 1.807) is 14.2 Å². The first-order valence-corrected chi connectivity index (χ1v) is 5.25. The van der Waals surface area contributed by atoms with Crippen molar-refractivity contribution in [1.29, 1.82) is 0 Å². The largest absolute Gasteiger partial charge is 0.395 e. The lowest BCUT2D eigenvalue weighted by Crippen LogP contribution is -2.45. The van der Waals surface area contributed by atoms with Crippen molar-refractivity contribution in [3.8, 4) is 0 Å². The molecule has 0 aliphatic rings. The second-order valence-electron chi connectivity index (χ2n) is 3.64. The molecule has 96 valence electrons. The molecule has 0 saturated heterocycles. The fourth-order valence-electron chi connectivity index (χ4n) is 1.23. The van der Waals surface area contributed by atoms with Gasteiger partial charge in [-0.1, -0.05) is 0 Å². The predicted molar refractivity (Wildman–Crippen MR) is 60.2 cm³/mol. The molecular weight excluding hydrogens is 212 g/mol. The van der Waals surface area contributed by atoms with Crippen molar-refractivity contribution >= 4 is 5.91 Å². The highest BCUT2D eigenvalue weighted by Gasteiger charge is 2.10. The molecule has 1 amide bonds. The number of carbonyl (C=O) groups excluding carboxylic acids is 1. The molecule has 0 aliphatic carbocycles. The predicted octanol–water partition coefficient (Wildman–Crippen LogP) is -1.27. The molecule has 6 nitrogen and oxygen atoms in total. The van der Waals surface area contributed by atoms with Crippen molar-refractivity contribution in [3.63, 3.8) is 0 Å². The molecule has 0 heterocycles. The molecule has 0 radical (unpaired) electrons. The maximum Gasteiger partial charge on any atom is 0.234 e. The minimum absolute atomic E-state index is 0.0192. The van der Waals surface area contributed by atoms with E-state index in [1.807, 2.05) is 6.92 Å². The molecule has 0 rings (SSSR count). The Morgan fingerprint density at radius 2 is 1.94 bits per heavy atom. The van der Waals surface area contributed by atoms with Crippen LogP contribution < -0.4 is 10.6 Å². The SMILES string of the molecule is COCC(C)NC(=O)CNC(CO)COC. The summed E-state index contributed by atoms with van der Waals surface area (Å²) in [6.07, 6.45) is 0. The molecule has 0 aromatic heterocycles. The zero-order valence-corrected chi connectivity index (χ0v) is 10.2. The van der Waals surface area contributed by atoms with E-state index in [1.165, 1.54) is 0 Å². The van der Waals surface area contributed by atoms with Crippen LogP contribution in [0.3, 0.4) is 0 Å². The highest BCUT2D eigenvalue weighted by atomic mass is 16.5. The van der Waals surface area contributed by atoms with Crippen molar-refractivity contribution in [2.45, 2.75) is 19.0 Å². The van der Waals surface area contributed by atoms with Gasteiger partial charge in [-0.3, -0.25) is 4.79 Å². The maximum atomic E-state index is 11.4. The lowest BCUT2D eigenvalue weighted by atomic mass is 10.3. The van der Waals surface area contributed by atoms with E-state index in [2.05, 4.69) is 10.6 Å². The van der Waals surface area contributed by atoms with Gasteiger partial charge in [0.25, 0.3) is 0 Å². The fraction of sp³-hybridized carbons (Fsp3) is 0.900. The molecule has 0 bridgehead atoms. The lowest BCUT2D eigenvalue weighted by Gasteiger charge is -2.17. The first-order valence-electron chi connectivity index (χ1n) is 5.25. The van der Waals surface area contributed by atoms with Gasteiger partial charge < -0.3 is 25.2 Å². The number of aliphatic hydroxyl groups is 1. The Balaban J connectivity index is 3.70. The summed E-state index contributed by atoms with van der Waals surface area (Å²) in [6, 6.07) is -0.234. The molecule has 6 heteroatoms. The van der Waals surface area contributed by atoms with Gasteiger partial charge in [0.05, 0.1) is 32.4 Å². The van der Waals surface area contributed by atoms with Gasteiger partial charge in [-0.05, 0) is 6.92 Å². The third kappa shape index (κ3) is 7.58. The number of methoxy groups -OCH3 is 2. The number of hydrogen-bond acceptors (Lipinski definition) is 5. The van der Waals surface area contributed by atoms with Gasteiger partial charge in [0.2, 0.25) is 5.91 Å². The number of ether oxygens (including phenoxy) is 2. The van der Waals surface area contributed by atoms with Gasteiger partial charge >= 0.3 is 0 Å². The van der Waals surface area contributed by atoms with Crippen LogP contribution in [-0.4, -0.2) is 63.7 Å². The molecule has 0 aromatic carbocycles. The Morgan fingerprint density at radius 3 is 2.44 bits per heavy atom. The first kappa shape index (κ1) is 15.3. The van der Waals surface area contributed by atoms with Crippen LogP contribution >= 0.6 is 0 Å². The van der Waals surface area contributed by atoms with Crippen LogP contribution in [-0.2, 0) is 14.3 Å². The Kier molecular flexibility index (Phi) is 9.12. The van der Waals surface area contributed by atoms with Gasteiger partial charge in [-0.15, -0.1) is 0 Å². The molecule has 0 saturated carbocycles. The lowest BCUT2D eigenvalue weighted by molar-refractivity contribution is -0.121. The summed E-state index contributed by atoms with van der Waals surface area (Å²) in [7, 11) is 3.13. The van der Waals surface area contributed by atoms with E-state index in [9.17, 15) is 4.79 Å². The van der Waals surface area contributed by atoms with Crippen LogP contribution in [0, 0.1) is 0 Å². The average Bonchev–Trinajstić information content (AvgIpc) is 2.24. The molecule has 0 aliphatic heterocycles. The Hall–Kier alpha value is -0.690. The van der Waals surface area contributed by atoms with Gasteiger partial charge in [0.1, 0.15) is 0 Å². The van der Waals surface area contributed by atoms with E-state index in [-0.39, 0.29) is 31.1 Å². The molecule has 16 heavy (non-hydrogen) atoms. The summed E-state index contributed by atoms with van der Waals surface area (Å²) in [4.78, 5) is 11.4. The van der Waals surface area contributed by atoms with Crippen LogP contribution in [0.4, 0.5) is 0 Å². The second kappa shape index (κ2) is 9.53. The smallest absolute Gasteiger partial charge is 0.234 e. The van der Waals surface area contributed by atoms with Crippen LogP contribution in [0.2, 0.25) is 0 Å². The summed E-state index contributed by atoms with van der Waals surface area (Å²) < 4.78 is 9.77. The molecule has 0 spiro atoms. The fourth-order valence-corrected chi connectivity index (χ4v) is 1.23. The van der Waals surface area contributed by atoms with E-state index >= 15 is 0 Å². The van der Waals surface area contributed by atoms with Gasteiger partial charge in [-0.25, -0.2) is 0 Å². The van der Waals surface area contributed by atoms with E-state index in [0.717, 1.165) is 0 Å². The standard InChI is InChI=1S/C10H22N2O4/c1-8(6-15-2)12-10(14)4-11-9(5-13)7-16-3/h8-9,11,13H,4-7H2,1-3H3,(H,12,14). The summed E-state index contributed by atoms with van der Waals surface area (Å²) >= 11 is 0. The van der Waals surface area contributed by atoms with Gasteiger partial charge in [0, 0.05) is 20.3 Å². The summed E-state index contributed by atoms with van der Waals surface area (Å²) in [5, 5.41) is 14.6. The van der Waals surface area contributed by atoms with Crippen LogP contribution in [0.5, 0.6) is 0 Å². The zero-order chi connectivity index (χ0) is 12.4. The number of amides is 1. The van der Waals surface area contributed by atoms with Crippen molar-refractivity contribution in [3.05, 3.63) is 0 Å². The molecule has 0 aromatic rings. The molecule has 2 atom stereocenters. The van der Waals surface area contributed by atoms with Crippen LogP contribution in [0.1, 0.15) is 6.92 Å². The van der Waals surface area contributed by atoms with E-state index in [4.69, 9.17) is 14.6 Å². The summed E-state index contributed by atoms with van der Waals surface area (Å²) in [6.45, 7) is 2.81. The van der Waals surface area contributed by atoms with Crippen LogP contribution in [0.25, 0.3) is 0 Å². The number of hydrogen-bond donors (Lipinski definition) is 3. The van der Waals surface area contributed by atoms with Crippen molar-refractivity contribution < 1.29 is 19.4 Å². The van der Waals surface area contributed by atoms with Gasteiger partial charge in [-0.2, -0.15) is 0 Å². The zero-order valence-electron chi connectivity index (χ0n) is 10.2. The third-order valence-corrected chi connectivity index (χ3v) is 1.96. The van der Waals surface area contributed by atoms with E-state index in [0.29, 0.717) is 13.2 Å².